The van der Waals surface area contributed by atoms with Gasteiger partial charge in [-0.2, -0.15) is 4.31 Å². The van der Waals surface area contributed by atoms with Gasteiger partial charge in [0.2, 0.25) is 10.0 Å². The van der Waals surface area contributed by atoms with Gasteiger partial charge in [-0.05, 0) is 67.9 Å². The second kappa shape index (κ2) is 8.72. The van der Waals surface area contributed by atoms with E-state index in [-0.39, 0.29) is 4.90 Å². The van der Waals surface area contributed by atoms with Crippen LogP contribution in [0, 0.1) is 5.92 Å². The predicted octanol–water partition coefficient (Wildman–Crippen LogP) is 3.40. The molecule has 1 aliphatic heterocycles. The van der Waals surface area contributed by atoms with Crippen LogP contribution in [0.3, 0.4) is 0 Å². The molecule has 9 heteroatoms. The third-order valence-electron chi connectivity index (χ3n) is 6.05. The lowest BCUT2D eigenvalue weighted by Crippen LogP contribution is -2.35. The fourth-order valence-electron chi connectivity index (χ4n) is 4.31. The molecule has 0 saturated carbocycles. The van der Waals surface area contributed by atoms with Gasteiger partial charge >= 0.3 is 0 Å². The summed E-state index contributed by atoms with van der Waals surface area (Å²) in [6, 6.07) is 5.95. The molecule has 1 fully saturated rings. The Morgan fingerprint density at radius 3 is 2.45 bits per heavy atom. The second-order valence-electron chi connectivity index (χ2n) is 8.36. The fraction of sp³-hybridized carbons (Fsp3) is 0.455. The molecule has 2 amide bonds. The van der Waals surface area contributed by atoms with Gasteiger partial charge in [-0.25, -0.2) is 8.42 Å². The van der Waals surface area contributed by atoms with E-state index in [0.29, 0.717) is 35.1 Å². The van der Waals surface area contributed by atoms with Crippen molar-refractivity contribution in [3.05, 3.63) is 45.8 Å². The number of fused-ring (bicyclic) bond motifs is 1. The third-order valence-corrected chi connectivity index (χ3v) is 9.14. The molecule has 2 aliphatic rings. The van der Waals surface area contributed by atoms with Crippen molar-refractivity contribution >= 4 is 38.2 Å². The number of sulfonamides is 1. The first-order chi connectivity index (χ1) is 14.8. The molecule has 166 valence electrons. The van der Waals surface area contributed by atoms with Gasteiger partial charge in [0.05, 0.1) is 10.5 Å². The molecule has 1 aromatic heterocycles. The Hall–Kier alpha value is -2.23. The Bertz CT molecular complexity index is 1100. The number of nitrogens with one attached hydrogen (secondary N) is 1. The van der Waals surface area contributed by atoms with Crippen LogP contribution in [0.1, 0.15) is 63.8 Å². The number of carbonyl (C=O) groups excluding carboxylic acids is 2. The van der Waals surface area contributed by atoms with Crippen LogP contribution >= 0.6 is 11.3 Å². The normalized spacial score (nSPS) is 19.6. The Balaban J connectivity index is 1.54. The molecule has 1 saturated heterocycles. The average Bonchev–Trinajstić information content (AvgIpc) is 3.11. The maximum Gasteiger partial charge on any atom is 0.256 e. The third kappa shape index (κ3) is 4.40. The van der Waals surface area contributed by atoms with Crippen LogP contribution in [0.5, 0.6) is 0 Å². The summed E-state index contributed by atoms with van der Waals surface area (Å²) in [7, 11) is -3.55. The van der Waals surface area contributed by atoms with Crippen molar-refractivity contribution in [2.45, 2.75) is 50.3 Å². The molecule has 0 bridgehead atoms. The van der Waals surface area contributed by atoms with Gasteiger partial charge in [0.15, 0.2) is 0 Å². The molecule has 2 heterocycles. The highest BCUT2D eigenvalue weighted by Gasteiger charge is 2.28. The Morgan fingerprint density at radius 2 is 1.81 bits per heavy atom. The van der Waals surface area contributed by atoms with Gasteiger partial charge in [0, 0.05) is 23.5 Å². The van der Waals surface area contributed by atoms with E-state index >= 15 is 0 Å². The number of hydrogen-bond donors (Lipinski definition) is 2. The monoisotopic (exact) mass is 461 g/mol. The summed E-state index contributed by atoms with van der Waals surface area (Å²) in [5.74, 6) is -0.397. The summed E-state index contributed by atoms with van der Waals surface area (Å²) in [5.41, 5.74) is 7.30. The molecule has 7 nitrogen and oxygen atoms in total. The summed E-state index contributed by atoms with van der Waals surface area (Å²) in [5, 5.41) is 3.29. The second-order valence-corrected chi connectivity index (χ2v) is 11.4. The number of thiophene rings is 1. The number of amides is 2. The van der Waals surface area contributed by atoms with Crippen molar-refractivity contribution in [1.82, 2.24) is 4.31 Å². The smallest absolute Gasteiger partial charge is 0.256 e. The number of anilines is 1. The zero-order chi connectivity index (χ0) is 22.2. The summed E-state index contributed by atoms with van der Waals surface area (Å²) in [6.07, 6.45) is 5.42. The predicted molar refractivity (Wildman–Crippen MR) is 121 cm³/mol. The molecular formula is C22H27N3O4S2. The highest BCUT2D eigenvalue weighted by atomic mass is 32.2. The number of rotatable bonds is 5. The van der Waals surface area contributed by atoms with Gasteiger partial charge < -0.3 is 11.1 Å². The number of benzene rings is 1. The topological polar surface area (TPSA) is 110 Å². The summed E-state index contributed by atoms with van der Waals surface area (Å²) < 4.78 is 27.1. The van der Waals surface area contributed by atoms with E-state index in [1.807, 2.05) is 0 Å². The molecule has 31 heavy (non-hydrogen) atoms. The Kier molecular flexibility index (Phi) is 6.18. The Morgan fingerprint density at radius 1 is 1.13 bits per heavy atom. The Labute approximate surface area is 186 Å². The van der Waals surface area contributed by atoms with Crippen molar-refractivity contribution in [2.75, 3.05) is 18.4 Å². The maximum atomic E-state index is 12.8. The van der Waals surface area contributed by atoms with Crippen LogP contribution in [0.15, 0.2) is 29.2 Å². The van der Waals surface area contributed by atoms with E-state index in [0.717, 1.165) is 49.0 Å². The number of piperidine rings is 1. The van der Waals surface area contributed by atoms with Crippen LogP contribution in [-0.2, 0) is 22.9 Å². The highest BCUT2D eigenvalue weighted by Crippen LogP contribution is 2.39. The quantitative estimate of drug-likeness (QED) is 0.711. The molecule has 1 aromatic carbocycles. The molecule has 1 aliphatic carbocycles. The first-order valence-electron chi connectivity index (χ1n) is 10.6. The van der Waals surface area contributed by atoms with Crippen molar-refractivity contribution in [1.29, 1.82) is 0 Å². The van der Waals surface area contributed by atoms with Crippen molar-refractivity contribution in [3.63, 3.8) is 0 Å². The van der Waals surface area contributed by atoms with Gasteiger partial charge in [0.1, 0.15) is 5.00 Å². The molecular weight excluding hydrogens is 434 g/mol. The summed E-state index contributed by atoms with van der Waals surface area (Å²) in [6.45, 7) is 3.23. The van der Waals surface area contributed by atoms with Crippen LogP contribution in [0.25, 0.3) is 0 Å². The average molecular weight is 462 g/mol. The number of primary amides is 1. The number of nitrogens with zero attached hydrogens (tertiary/aromatic N) is 1. The number of nitrogens with two attached hydrogens (primary N) is 1. The largest absolute Gasteiger partial charge is 0.365 e. The molecule has 4 rings (SSSR count). The SMILES string of the molecule is C[C@H]1CCc2c(sc(NC(=O)c3ccc(S(=O)(=O)N4CCCCC4)cc3)c2C(N)=O)C1. The minimum absolute atomic E-state index is 0.185. The molecule has 3 N–H and O–H groups in total. The minimum atomic E-state index is -3.55. The maximum absolute atomic E-state index is 12.8. The van der Waals surface area contributed by atoms with Gasteiger partial charge in [-0.3, -0.25) is 9.59 Å². The molecule has 0 unspecified atom stereocenters. The van der Waals surface area contributed by atoms with Gasteiger partial charge in [-0.15, -0.1) is 11.3 Å². The van der Waals surface area contributed by atoms with Crippen molar-refractivity contribution < 1.29 is 18.0 Å². The molecule has 1 atom stereocenters. The molecule has 0 spiro atoms. The van der Waals surface area contributed by atoms with E-state index in [9.17, 15) is 18.0 Å². The van der Waals surface area contributed by atoms with E-state index in [1.54, 1.807) is 0 Å². The van der Waals surface area contributed by atoms with E-state index in [1.165, 1.54) is 39.9 Å². The lowest BCUT2D eigenvalue weighted by molar-refractivity contribution is 0.1000. The van der Waals surface area contributed by atoms with Crippen LogP contribution in [0.2, 0.25) is 0 Å². The van der Waals surface area contributed by atoms with Crippen LogP contribution < -0.4 is 11.1 Å². The minimum Gasteiger partial charge on any atom is -0.365 e. The van der Waals surface area contributed by atoms with E-state index < -0.39 is 21.8 Å². The van der Waals surface area contributed by atoms with Crippen molar-refractivity contribution in [2.24, 2.45) is 11.7 Å². The standard InChI is InChI=1S/C22H27N3O4S2/c1-14-5-10-17-18(13-14)30-22(19(17)20(23)26)24-21(27)15-6-8-16(9-7-15)31(28,29)25-11-3-2-4-12-25/h6-9,14H,2-5,10-13H2,1H3,(H2,23,26)(H,24,27)/t14-/m0/s1. The first-order valence-corrected chi connectivity index (χ1v) is 12.9. The number of hydrogen-bond acceptors (Lipinski definition) is 5. The fourth-order valence-corrected chi connectivity index (χ4v) is 7.24. The van der Waals surface area contributed by atoms with Crippen molar-refractivity contribution in [3.8, 4) is 0 Å². The van der Waals surface area contributed by atoms with E-state index in [2.05, 4.69) is 12.2 Å². The summed E-state index contributed by atoms with van der Waals surface area (Å²) >= 11 is 1.41. The lowest BCUT2D eigenvalue weighted by atomic mass is 9.88. The number of carbonyl (C=O) groups is 2. The highest BCUT2D eigenvalue weighted by molar-refractivity contribution is 7.89. The molecule has 0 radical (unpaired) electrons. The van der Waals surface area contributed by atoms with E-state index in [4.69, 9.17) is 5.73 Å². The summed E-state index contributed by atoms with van der Waals surface area (Å²) in [4.78, 5) is 26.2. The van der Waals surface area contributed by atoms with Gasteiger partial charge in [0.25, 0.3) is 11.8 Å². The van der Waals surface area contributed by atoms with Crippen LogP contribution in [0.4, 0.5) is 5.00 Å². The zero-order valence-corrected chi connectivity index (χ0v) is 19.2. The molecule has 2 aromatic rings. The van der Waals surface area contributed by atoms with Crippen LogP contribution in [-0.4, -0.2) is 37.6 Å². The first kappa shape index (κ1) is 22.0. The zero-order valence-electron chi connectivity index (χ0n) is 17.5. The lowest BCUT2D eigenvalue weighted by Gasteiger charge is -2.25. The van der Waals surface area contributed by atoms with Gasteiger partial charge in [-0.1, -0.05) is 13.3 Å².